The molecule has 0 heterocycles. The van der Waals surface area contributed by atoms with Crippen molar-refractivity contribution in [3.05, 3.63) is 20.6 Å². The average Bonchev–Trinajstić information content (AvgIpc) is 2.05. The molecule has 0 aliphatic carbocycles. The molecule has 1 N–H and O–H groups in total. The molecule has 0 bridgehead atoms. The van der Waals surface area contributed by atoms with Crippen molar-refractivity contribution in [2.75, 3.05) is 0 Å². The highest BCUT2D eigenvalue weighted by molar-refractivity contribution is 5.72. The fourth-order valence-electron chi connectivity index (χ4n) is 0.282. The van der Waals surface area contributed by atoms with Crippen molar-refractivity contribution in [2.24, 2.45) is 5.11 Å². The number of nitrogens with one attached hydrogen (secondary N) is 1. The van der Waals surface area contributed by atoms with Gasteiger partial charge in [-0.2, -0.15) is 10.7 Å². The van der Waals surface area contributed by atoms with Gasteiger partial charge in [-0.3, -0.25) is 4.79 Å². The second-order valence-corrected chi connectivity index (χ2v) is 1.29. The highest BCUT2D eigenvalue weighted by Crippen LogP contribution is 1.93. The van der Waals surface area contributed by atoms with E-state index >= 15 is 0 Å². The number of nitriles is 1. The van der Waals surface area contributed by atoms with Crippen LogP contribution in [0.1, 0.15) is 0 Å². The minimum absolute atomic E-state index is 0.539. The van der Waals surface area contributed by atoms with Crippen LogP contribution in [0, 0.1) is 21.6 Å². The Morgan fingerprint density at radius 2 is 2.54 bits per heavy atom. The highest BCUT2D eigenvalue weighted by Gasteiger charge is 2.25. The smallest absolute Gasteiger partial charge is 0.258 e. The van der Waals surface area contributed by atoms with Crippen LogP contribution in [0.3, 0.4) is 0 Å². The molecular formula is C2HN7O4. The summed E-state index contributed by atoms with van der Waals surface area (Å²) in [6.45, 7) is 0. The SMILES string of the molecule is N#CNON(C(=O)N=[N+]=[N-])[N+](=O)[O-]. The predicted molar refractivity (Wildman–Crippen MR) is 33.2 cm³/mol. The van der Waals surface area contributed by atoms with Crippen molar-refractivity contribution in [3.63, 3.8) is 0 Å². The van der Waals surface area contributed by atoms with E-state index in [4.69, 9.17) is 10.8 Å². The largest absolute Gasteiger partial charge is 0.404 e. The van der Waals surface area contributed by atoms with E-state index in [-0.39, 0.29) is 0 Å². The van der Waals surface area contributed by atoms with Crippen LogP contribution in [0.15, 0.2) is 5.11 Å². The summed E-state index contributed by atoms with van der Waals surface area (Å²) in [6.07, 6.45) is 1.14. The lowest BCUT2D eigenvalue weighted by Crippen LogP contribution is -2.37. The summed E-state index contributed by atoms with van der Waals surface area (Å²) in [4.78, 5) is 26.2. The molecule has 11 heteroatoms. The van der Waals surface area contributed by atoms with Crippen molar-refractivity contribution in [1.29, 1.82) is 5.26 Å². The molecule has 0 aromatic heterocycles. The van der Waals surface area contributed by atoms with Crippen LogP contribution < -0.4 is 5.48 Å². The van der Waals surface area contributed by atoms with E-state index in [1.54, 1.807) is 0 Å². The normalized spacial score (nSPS) is 7.62. The van der Waals surface area contributed by atoms with Gasteiger partial charge in [0.05, 0.1) is 0 Å². The predicted octanol–water partition coefficient (Wildman–Crippen LogP) is -0.172. The summed E-state index contributed by atoms with van der Waals surface area (Å²) in [5.74, 6) is 0. The molecule has 0 spiro atoms. The standard InChI is InChI=1S/C2HN7O4/c3-1-5-13-8(9(11)12)2(10)6-7-4/h5H. The molecule has 0 unspecified atom stereocenters. The Hall–Kier alpha value is -2.57. The lowest BCUT2D eigenvalue weighted by atomic mass is 11.1. The van der Waals surface area contributed by atoms with Gasteiger partial charge < -0.3 is 0 Å². The number of hydrazine groups is 1. The van der Waals surface area contributed by atoms with Gasteiger partial charge in [-0.15, -0.1) is 0 Å². The maximum absolute atomic E-state index is 10.5. The summed E-state index contributed by atoms with van der Waals surface area (Å²) >= 11 is 0. The van der Waals surface area contributed by atoms with Crippen LogP contribution in [0.5, 0.6) is 0 Å². The first-order chi connectivity index (χ1) is 6.13. The molecule has 68 valence electrons. The molecule has 0 atom stereocenters. The fourth-order valence-corrected chi connectivity index (χ4v) is 0.282. The lowest BCUT2D eigenvalue weighted by Gasteiger charge is -2.04. The molecule has 0 rings (SSSR count). The molecule has 11 nitrogen and oxygen atoms in total. The van der Waals surface area contributed by atoms with Crippen molar-refractivity contribution in [3.8, 4) is 6.19 Å². The number of hydroxylamine groups is 2. The Bertz CT molecular complexity index is 298. The number of hydrogen-bond donors (Lipinski definition) is 1. The highest BCUT2D eigenvalue weighted by atomic mass is 16.9. The fraction of sp³-hybridized carbons (Fsp3) is 0. The zero-order valence-corrected chi connectivity index (χ0v) is 5.82. The van der Waals surface area contributed by atoms with Gasteiger partial charge >= 0.3 is 6.03 Å². The number of urea groups is 1. The van der Waals surface area contributed by atoms with E-state index in [0.717, 1.165) is 6.19 Å². The molecule has 0 aliphatic rings. The minimum Gasteiger partial charge on any atom is -0.258 e. The summed E-state index contributed by atoms with van der Waals surface area (Å²) in [6, 6.07) is -1.62. The quantitative estimate of drug-likeness (QED) is 0.123. The number of amides is 2. The first kappa shape index (κ1) is 10.4. The zero-order chi connectivity index (χ0) is 10.3. The van der Waals surface area contributed by atoms with E-state index < -0.39 is 16.2 Å². The summed E-state index contributed by atoms with van der Waals surface area (Å²) in [5.41, 5.74) is 9.09. The molecule has 0 saturated heterocycles. The van der Waals surface area contributed by atoms with Gasteiger partial charge in [-0.1, -0.05) is 4.94 Å². The lowest BCUT2D eigenvalue weighted by molar-refractivity contribution is -0.713. The second-order valence-electron chi connectivity index (χ2n) is 1.29. The third-order valence-electron chi connectivity index (χ3n) is 0.620. The van der Waals surface area contributed by atoms with Gasteiger partial charge in [0.15, 0.2) is 5.03 Å². The Morgan fingerprint density at radius 1 is 1.92 bits per heavy atom. The summed E-state index contributed by atoms with van der Waals surface area (Å²) < 4.78 is 0. The molecule has 0 aliphatic heterocycles. The van der Waals surface area contributed by atoms with Crippen LogP contribution in [0.25, 0.3) is 10.4 Å². The number of azide groups is 1. The van der Waals surface area contributed by atoms with Gasteiger partial charge in [0.25, 0.3) is 0 Å². The molecule has 0 aromatic rings. The van der Waals surface area contributed by atoms with Crippen molar-refractivity contribution in [1.82, 2.24) is 10.7 Å². The van der Waals surface area contributed by atoms with Crippen LogP contribution in [0.4, 0.5) is 4.79 Å². The van der Waals surface area contributed by atoms with E-state index in [0.29, 0.717) is 0 Å². The molecular weight excluding hydrogens is 186 g/mol. The maximum atomic E-state index is 10.5. The number of rotatable bonds is 3. The Morgan fingerprint density at radius 3 is 2.92 bits per heavy atom. The zero-order valence-electron chi connectivity index (χ0n) is 5.82. The molecule has 13 heavy (non-hydrogen) atoms. The third kappa shape index (κ3) is 3.37. The first-order valence-electron chi connectivity index (χ1n) is 2.48. The number of hydrogen-bond acceptors (Lipinski definition) is 6. The summed E-state index contributed by atoms with van der Waals surface area (Å²) in [7, 11) is 0. The van der Waals surface area contributed by atoms with Crippen molar-refractivity contribution < 1.29 is 14.8 Å². The van der Waals surface area contributed by atoms with E-state index in [1.165, 1.54) is 5.48 Å². The van der Waals surface area contributed by atoms with Crippen LogP contribution in [-0.2, 0) is 4.94 Å². The molecule has 0 fully saturated rings. The Labute approximate surface area is 69.7 Å². The molecule has 0 saturated carbocycles. The van der Waals surface area contributed by atoms with Gasteiger partial charge in [0.1, 0.15) is 5.17 Å². The van der Waals surface area contributed by atoms with Crippen LogP contribution in [0.2, 0.25) is 0 Å². The molecule has 0 aromatic carbocycles. The van der Waals surface area contributed by atoms with Crippen LogP contribution >= 0.6 is 0 Å². The number of carbonyl (C=O) groups is 1. The number of carbonyl (C=O) groups excluding carboxylic acids is 1. The minimum atomic E-state index is -1.62. The number of nitrogens with zero attached hydrogens (tertiary/aromatic N) is 6. The summed E-state index contributed by atoms with van der Waals surface area (Å²) in [5, 5.41) is 18.3. The van der Waals surface area contributed by atoms with E-state index in [1.807, 2.05) is 4.91 Å². The van der Waals surface area contributed by atoms with Crippen LogP contribution in [-0.4, -0.2) is 16.2 Å². The van der Waals surface area contributed by atoms with E-state index in [9.17, 15) is 14.9 Å². The van der Waals surface area contributed by atoms with Gasteiger partial charge in [-0.05, 0) is 5.53 Å². The van der Waals surface area contributed by atoms with Crippen molar-refractivity contribution in [2.45, 2.75) is 0 Å². The van der Waals surface area contributed by atoms with Gasteiger partial charge in [-0.25, -0.2) is 10.1 Å². The second kappa shape index (κ2) is 5.13. The first-order valence-corrected chi connectivity index (χ1v) is 2.48. The number of nitro groups is 1. The third-order valence-corrected chi connectivity index (χ3v) is 0.620. The van der Waals surface area contributed by atoms with Gasteiger partial charge in [0.2, 0.25) is 6.19 Å². The van der Waals surface area contributed by atoms with Gasteiger partial charge in [0, 0.05) is 10.0 Å². The molecule has 0 radical (unpaired) electrons. The average molecular weight is 187 g/mol. The topological polar surface area (TPSA) is 157 Å². The Balaban J connectivity index is 4.43. The monoisotopic (exact) mass is 187 g/mol. The maximum Gasteiger partial charge on any atom is 0.404 e. The van der Waals surface area contributed by atoms with E-state index in [2.05, 4.69) is 10.1 Å². The Kier molecular flexibility index (Phi) is 4.12. The van der Waals surface area contributed by atoms with Crippen molar-refractivity contribution >= 4 is 6.03 Å². The molecule has 2 amide bonds.